The number of carbonyl (C=O) groups is 2. The number of amides is 2. The first-order chi connectivity index (χ1) is 11.8. The number of hydrogen-bond donors (Lipinski definition) is 1. The van der Waals surface area contributed by atoms with Gasteiger partial charge in [0.1, 0.15) is 0 Å². The Bertz CT molecular complexity index is 815. The van der Waals surface area contributed by atoms with Crippen LogP contribution in [-0.2, 0) is 9.59 Å². The largest absolute Gasteiger partial charge is 0.326 e. The molecule has 0 radical (unpaired) electrons. The normalized spacial score (nSPS) is 10.4. The highest BCUT2D eigenvalue weighted by atomic mass is 35.5. The molecule has 0 unspecified atom stereocenters. The molecule has 2 rings (SSSR count). The van der Waals surface area contributed by atoms with Crippen molar-refractivity contribution in [2.45, 2.75) is 13.3 Å². The zero-order valence-electron chi connectivity index (χ0n) is 13.2. The summed E-state index contributed by atoms with van der Waals surface area (Å²) in [5, 5.41) is 3.16. The molecule has 0 aromatic heterocycles. The molecular formula is C17H14Cl2F2N2O2. The Kier molecular flexibility index (Phi) is 6.33. The lowest BCUT2D eigenvalue weighted by Crippen LogP contribution is -2.32. The van der Waals surface area contributed by atoms with E-state index in [1.54, 1.807) is 12.1 Å². The van der Waals surface area contributed by atoms with Crippen LogP contribution in [0.3, 0.4) is 0 Å². The maximum absolute atomic E-state index is 13.1. The second-order valence-electron chi connectivity index (χ2n) is 5.19. The molecule has 0 fully saturated rings. The zero-order valence-corrected chi connectivity index (χ0v) is 14.7. The van der Waals surface area contributed by atoms with Crippen LogP contribution in [0.25, 0.3) is 0 Å². The van der Waals surface area contributed by atoms with E-state index in [0.29, 0.717) is 15.7 Å². The number of halogens is 4. The van der Waals surface area contributed by atoms with E-state index in [1.807, 2.05) is 0 Å². The van der Waals surface area contributed by atoms with Crippen molar-refractivity contribution in [2.75, 3.05) is 16.8 Å². The monoisotopic (exact) mass is 386 g/mol. The SMILES string of the molecule is CC(=O)N(CCC(=O)Nc1ccc(F)c(F)c1)c1cc(Cl)ccc1Cl. The molecule has 1 N–H and O–H groups in total. The molecule has 25 heavy (non-hydrogen) atoms. The van der Waals surface area contributed by atoms with Gasteiger partial charge in [0.25, 0.3) is 0 Å². The summed E-state index contributed by atoms with van der Waals surface area (Å²) in [5.41, 5.74) is 0.515. The van der Waals surface area contributed by atoms with Gasteiger partial charge in [-0.3, -0.25) is 9.59 Å². The highest BCUT2D eigenvalue weighted by Gasteiger charge is 2.17. The molecule has 2 amide bonds. The van der Waals surface area contributed by atoms with Crippen LogP contribution in [0, 0.1) is 11.6 Å². The van der Waals surface area contributed by atoms with E-state index in [2.05, 4.69) is 5.32 Å². The number of benzene rings is 2. The smallest absolute Gasteiger partial charge is 0.226 e. The lowest BCUT2D eigenvalue weighted by atomic mass is 10.2. The predicted octanol–water partition coefficient (Wildman–Crippen LogP) is 4.65. The molecule has 2 aromatic carbocycles. The minimum absolute atomic E-state index is 0.0465. The first kappa shape index (κ1) is 19.1. The quantitative estimate of drug-likeness (QED) is 0.812. The first-order valence-electron chi connectivity index (χ1n) is 7.26. The molecule has 0 atom stereocenters. The van der Waals surface area contributed by atoms with Gasteiger partial charge in [-0.05, 0) is 30.3 Å². The molecule has 132 valence electrons. The topological polar surface area (TPSA) is 49.4 Å². The summed E-state index contributed by atoms with van der Waals surface area (Å²) >= 11 is 12.0. The number of hydrogen-bond acceptors (Lipinski definition) is 2. The van der Waals surface area contributed by atoms with Gasteiger partial charge < -0.3 is 10.2 Å². The van der Waals surface area contributed by atoms with Gasteiger partial charge in [0.2, 0.25) is 11.8 Å². The van der Waals surface area contributed by atoms with Gasteiger partial charge in [-0.25, -0.2) is 8.78 Å². The third-order valence-electron chi connectivity index (χ3n) is 3.34. The number of carbonyl (C=O) groups excluding carboxylic acids is 2. The van der Waals surface area contributed by atoms with E-state index < -0.39 is 17.5 Å². The lowest BCUT2D eigenvalue weighted by molar-refractivity contribution is -0.117. The van der Waals surface area contributed by atoms with Crippen LogP contribution in [0.1, 0.15) is 13.3 Å². The molecule has 2 aromatic rings. The summed E-state index contributed by atoms with van der Waals surface area (Å²) in [7, 11) is 0. The average molecular weight is 387 g/mol. The van der Waals surface area contributed by atoms with E-state index in [4.69, 9.17) is 23.2 Å². The maximum Gasteiger partial charge on any atom is 0.226 e. The Balaban J connectivity index is 2.05. The Hall–Kier alpha value is -2.18. The Morgan fingerprint density at radius 3 is 2.44 bits per heavy atom. The summed E-state index contributed by atoms with van der Waals surface area (Å²) in [6.07, 6.45) is -0.0680. The Morgan fingerprint density at radius 1 is 1.08 bits per heavy atom. The van der Waals surface area contributed by atoms with E-state index in [-0.39, 0.29) is 24.6 Å². The van der Waals surface area contributed by atoms with Crippen molar-refractivity contribution in [2.24, 2.45) is 0 Å². The fraction of sp³-hybridized carbons (Fsp3) is 0.176. The molecule has 4 nitrogen and oxygen atoms in total. The standard InChI is InChI=1S/C17H14Cl2F2N2O2/c1-10(24)23(16-8-11(18)2-4-13(16)19)7-6-17(25)22-12-3-5-14(20)15(21)9-12/h2-5,8-9H,6-7H2,1H3,(H,22,25). The molecule has 0 saturated heterocycles. The van der Waals surface area contributed by atoms with E-state index in [9.17, 15) is 18.4 Å². The fourth-order valence-corrected chi connectivity index (χ4v) is 2.54. The Labute approximate surface area is 153 Å². The first-order valence-corrected chi connectivity index (χ1v) is 8.01. The fourth-order valence-electron chi connectivity index (χ4n) is 2.15. The minimum atomic E-state index is -1.06. The van der Waals surface area contributed by atoms with Crippen LogP contribution in [0.15, 0.2) is 36.4 Å². The van der Waals surface area contributed by atoms with Crippen molar-refractivity contribution in [1.29, 1.82) is 0 Å². The summed E-state index contributed by atoms with van der Waals surface area (Å²) in [5.74, 6) is -2.84. The average Bonchev–Trinajstić information content (AvgIpc) is 2.54. The van der Waals surface area contributed by atoms with Crippen molar-refractivity contribution >= 4 is 46.4 Å². The van der Waals surface area contributed by atoms with Gasteiger partial charge in [0.05, 0.1) is 10.7 Å². The van der Waals surface area contributed by atoms with Crippen molar-refractivity contribution in [3.63, 3.8) is 0 Å². The van der Waals surface area contributed by atoms with Crippen molar-refractivity contribution in [3.8, 4) is 0 Å². The van der Waals surface area contributed by atoms with E-state index in [1.165, 1.54) is 24.0 Å². The molecule has 0 spiro atoms. The third-order valence-corrected chi connectivity index (χ3v) is 3.90. The predicted molar refractivity (Wildman–Crippen MR) is 94.1 cm³/mol. The molecule has 0 saturated carbocycles. The minimum Gasteiger partial charge on any atom is -0.326 e. The Morgan fingerprint density at radius 2 is 1.80 bits per heavy atom. The van der Waals surface area contributed by atoms with Gasteiger partial charge in [-0.15, -0.1) is 0 Å². The third kappa shape index (κ3) is 5.14. The maximum atomic E-state index is 13.1. The van der Waals surface area contributed by atoms with Crippen LogP contribution >= 0.6 is 23.2 Å². The van der Waals surface area contributed by atoms with Gasteiger partial charge in [0.15, 0.2) is 11.6 Å². The molecule has 0 aliphatic carbocycles. The van der Waals surface area contributed by atoms with Crippen molar-refractivity contribution in [3.05, 3.63) is 58.1 Å². The highest BCUT2D eigenvalue weighted by molar-refractivity contribution is 6.35. The van der Waals surface area contributed by atoms with Gasteiger partial charge in [-0.2, -0.15) is 0 Å². The van der Waals surface area contributed by atoms with Crippen LogP contribution in [0.2, 0.25) is 10.0 Å². The van der Waals surface area contributed by atoms with Crippen LogP contribution in [-0.4, -0.2) is 18.4 Å². The summed E-state index contributed by atoms with van der Waals surface area (Å²) in [6, 6.07) is 7.70. The summed E-state index contributed by atoms with van der Waals surface area (Å²) in [6.45, 7) is 1.38. The number of nitrogens with one attached hydrogen (secondary N) is 1. The van der Waals surface area contributed by atoms with Gasteiger partial charge in [-0.1, -0.05) is 23.2 Å². The summed E-state index contributed by atoms with van der Waals surface area (Å²) < 4.78 is 26.0. The van der Waals surface area contributed by atoms with E-state index in [0.717, 1.165) is 12.1 Å². The van der Waals surface area contributed by atoms with Gasteiger partial charge in [0, 0.05) is 36.7 Å². The van der Waals surface area contributed by atoms with E-state index >= 15 is 0 Å². The molecule has 8 heteroatoms. The van der Waals surface area contributed by atoms with Crippen molar-refractivity contribution < 1.29 is 18.4 Å². The molecule has 0 bridgehead atoms. The van der Waals surface area contributed by atoms with Crippen LogP contribution in [0.4, 0.5) is 20.2 Å². The molecule has 0 aliphatic heterocycles. The van der Waals surface area contributed by atoms with Crippen LogP contribution in [0.5, 0.6) is 0 Å². The molecule has 0 aliphatic rings. The lowest BCUT2D eigenvalue weighted by Gasteiger charge is -2.22. The number of anilines is 2. The zero-order chi connectivity index (χ0) is 18.6. The molecule has 0 heterocycles. The molecular weight excluding hydrogens is 373 g/mol. The summed E-state index contributed by atoms with van der Waals surface area (Å²) in [4.78, 5) is 25.2. The number of nitrogens with zero attached hydrogens (tertiary/aromatic N) is 1. The number of rotatable bonds is 5. The van der Waals surface area contributed by atoms with Crippen LogP contribution < -0.4 is 10.2 Å². The second-order valence-corrected chi connectivity index (χ2v) is 6.04. The second kappa shape index (κ2) is 8.27. The highest BCUT2D eigenvalue weighted by Crippen LogP contribution is 2.29. The van der Waals surface area contributed by atoms with Crippen molar-refractivity contribution in [1.82, 2.24) is 0 Å². The van der Waals surface area contributed by atoms with Gasteiger partial charge >= 0.3 is 0 Å².